The topological polar surface area (TPSA) is 166 Å². The highest BCUT2D eigenvalue weighted by atomic mass is 19.1. The fourth-order valence-electron chi connectivity index (χ4n) is 6.41. The molecule has 0 spiro atoms. The maximum absolute atomic E-state index is 13.8. The molecule has 298 valence electrons. The second-order valence-corrected chi connectivity index (χ2v) is 13.9. The van der Waals surface area contributed by atoms with E-state index in [1.165, 1.54) is 24.3 Å². The highest BCUT2D eigenvalue weighted by molar-refractivity contribution is 5.78. The average molecular weight is 766 g/mol. The van der Waals surface area contributed by atoms with Gasteiger partial charge in [0.1, 0.15) is 36.7 Å². The van der Waals surface area contributed by atoms with Gasteiger partial charge in [0.2, 0.25) is 5.91 Å². The number of hydrogen-bond acceptors (Lipinski definition) is 10. The Bertz CT molecular complexity index is 1720. The first-order chi connectivity index (χ1) is 26.4. The lowest BCUT2D eigenvalue weighted by Crippen LogP contribution is -2.49. The molecular formula is C42H53F2N3O8. The maximum Gasteiger partial charge on any atom is 0.224 e. The Morgan fingerprint density at radius 2 is 1.27 bits per heavy atom. The highest BCUT2D eigenvalue weighted by Crippen LogP contribution is 2.33. The monoisotopic (exact) mass is 765 g/mol. The normalized spacial score (nSPS) is 14.9. The van der Waals surface area contributed by atoms with Crippen LogP contribution in [0.5, 0.6) is 0 Å². The van der Waals surface area contributed by atoms with Gasteiger partial charge in [0.05, 0.1) is 31.3 Å². The number of hydrogen-bond donors (Lipinski definition) is 7. The third-order valence-electron chi connectivity index (χ3n) is 9.53. The molecule has 7 N–H and O–H groups in total. The number of amides is 1. The van der Waals surface area contributed by atoms with E-state index in [0.29, 0.717) is 37.9 Å². The summed E-state index contributed by atoms with van der Waals surface area (Å²) >= 11 is 0. The van der Waals surface area contributed by atoms with Crippen LogP contribution in [0.2, 0.25) is 0 Å². The molecule has 6 unspecified atom stereocenters. The molecule has 0 heterocycles. The Morgan fingerprint density at radius 3 is 1.87 bits per heavy atom. The number of halogens is 2. The van der Waals surface area contributed by atoms with Gasteiger partial charge in [-0.1, -0.05) is 60.7 Å². The molecule has 0 saturated carbocycles. The van der Waals surface area contributed by atoms with Gasteiger partial charge >= 0.3 is 0 Å². The van der Waals surface area contributed by atoms with Crippen molar-refractivity contribution in [2.24, 2.45) is 0 Å². The molecule has 55 heavy (non-hydrogen) atoms. The fourth-order valence-corrected chi connectivity index (χ4v) is 6.41. The van der Waals surface area contributed by atoms with E-state index in [1.807, 2.05) is 53.4 Å². The Morgan fingerprint density at radius 1 is 0.727 bits per heavy atom. The number of rotatable bonds is 22. The lowest BCUT2D eigenvalue weighted by molar-refractivity contribution is -0.120. The minimum atomic E-state index is -1.69. The molecule has 4 aromatic rings. The number of ether oxygens (including phenoxy) is 1. The van der Waals surface area contributed by atoms with E-state index in [0.717, 1.165) is 27.9 Å². The molecule has 6 atom stereocenters. The Labute approximate surface area is 321 Å². The number of anilines is 1. The summed E-state index contributed by atoms with van der Waals surface area (Å²) in [6.45, 7) is 0.226. The summed E-state index contributed by atoms with van der Waals surface area (Å²) in [5.41, 5.74) is 4.99. The number of aliphatic hydroxyl groups excluding tert-OH is 6. The van der Waals surface area contributed by atoms with Crippen molar-refractivity contribution in [3.63, 3.8) is 0 Å². The molecule has 0 saturated heterocycles. The van der Waals surface area contributed by atoms with Crippen LogP contribution in [0.15, 0.2) is 97.1 Å². The number of nitrogens with one attached hydrogen (secondary N) is 1. The van der Waals surface area contributed by atoms with Gasteiger partial charge < -0.3 is 45.6 Å². The van der Waals surface area contributed by atoms with Gasteiger partial charge in [0.15, 0.2) is 0 Å². The van der Waals surface area contributed by atoms with Crippen LogP contribution in [0.25, 0.3) is 0 Å². The van der Waals surface area contributed by atoms with Crippen LogP contribution in [0, 0.1) is 11.6 Å². The molecule has 1 amide bonds. The highest BCUT2D eigenvalue weighted by Gasteiger charge is 2.30. The molecule has 0 aliphatic carbocycles. The van der Waals surface area contributed by atoms with Crippen molar-refractivity contribution in [3.8, 4) is 0 Å². The number of carbonyl (C=O) groups excluding carboxylic acids is 1. The van der Waals surface area contributed by atoms with Crippen molar-refractivity contribution in [2.75, 3.05) is 38.9 Å². The van der Waals surface area contributed by atoms with E-state index in [4.69, 9.17) is 9.84 Å². The van der Waals surface area contributed by atoms with Gasteiger partial charge in [-0.15, -0.1) is 0 Å². The smallest absolute Gasteiger partial charge is 0.224 e. The lowest BCUT2D eigenvalue weighted by Gasteiger charge is -2.34. The van der Waals surface area contributed by atoms with E-state index >= 15 is 0 Å². The van der Waals surface area contributed by atoms with E-state index in [2.05, 4.69) is 5.32 Å². The van der Waals surface area contributed by atoms with Crippen molar-refractivity contribution < 1.29 is 49.0 Å². The lowest BCUT2D eigenvalue weighted by atomic mass is 9.95. The molecule has 0 radical (unpaired) electrons. The third-order valence-corrected chi connectivity index (χ3v) is 9.53. The number of aliphatic hydroxyl groups is 6. The average Bonchev–Trinajstić information content (AvgIpc) is 3.18. The van der Waals surface area contributed by atoms with Crippen molar-refractivity contribution in [1.29, 1.82) is 0 Å². The predicted molar refractivity (Wildman–Crippen MR) is 205 cm³/mol. The Kier molecular flexibility index (Phi) is 17.1. The Hall–Kier alpha value is -4.31. The standard InChI is InChI=1S/C42H53F2N3O8/c1-46(25-38(50)41(53)42(54)39(51)26-48)24-30-8-6-28(7-9-30)22-40(52)45-23-29-10-12-31(13-11-29)36(47(27-55-2)35-20-18-34(44)19-21-35)4-3-5-37(49)32-14-16-33(43)17-15-32/h6-21,36-39,41-42,48-51,53-54H,3-5,22-27H2,1-2H3,(H,45,52). The summed E-state index contributed by atoms with van der Waals surface area (Å²) in [5, 5.41) is 62.4. The molecule has 4 aromatic carbocycles. The molecular weight excluding hydrogens is 712 g/mol. The van der Waals surface area contributed by atoms with Crippen LogP contribution in [0.4, 0.5) is 14.5 Å². The first kappa shape index (κ1) is 43.4. The number of methoxy groups -OCH3 is 1. The third kappa shape index (κ3) is 13.4. The van der Waals surface area contributed by atoms with Gasteiger partial charge in [-0.05, 0) is 90.5 Å². The molecule has 0 bridgehead atoms. The van der Waals surface area contributed by atoms with Crippen LogP contribution in [-0.2, 0) is 29.0 Å². The van der Waals surface area contributed by atoms with Crippen LogP contribution >= 0.6 is 0 Å². The minimum absolute atomic E-state index is 0.00478. The zero-order valence-corrected chi connectivity index (χ0v) is 31.2. The number of benzene rings is 4. The second-order valence-electron chi connectivity index (χ2n) is 13.9. The van der Waals surface area contributed by atoms with Crippen LogP contribution in [0.1, 0.15) is 59.2 Å². The first-order valence-corrected chi connectivity index (χ1v) is 18.3. The van der Waals surface area contributed by atoms with E-state index in [-0.39, 0.29) is 43.3 Å². The summed E-state index contributed by atoms with van der Waals surface area (Å²) in [4.78, 5) is 16.6. The molecule has 0 aliphatic rings. The Balaban J connectivity index is 1.33. The summed E-state index contributed by atoms with van der Waals surface area (Å²) in [6, 6.07) is 27.1. The van der Waals surface area contributed by atoms with Crippen molar-refractivity contribution >= 4 is 11.6 Å². The minimum Gasteiger partial charge on any atom is -0.394 e. The van der Waals surface area contributed by atoms with Crippen LogP contribution in [0.3, 0.4) is 0 Å². The quantitative estimate of drug-likeness (QED) is 0.0587. The number of nitrogens with zero attached hydrogens (tertiary/aromatic N) is 2. The number of carbonyl (C=O) groups is 1. The zero-order chi connectivity index (χ0) is 39.9. The number of likely N-dealkylation sites (N-methyl/N-ethyl adjacent to an activating group) is 1. The fraction of sp³-hybridized carbons (Fsp3) is 0.405. The zero-order valence-electron chi connectivity index (χ0n) is 31.2. The molecule has 0 aliphatic heterocycles. The summed E-state index contributed by atoms with van der Waals surface area (Å²) in [5.74, 6) is -0.869. The van der Waals surface area contributed by atoms with Crippen molar-refractivity contribution in [3.05, 3.63) is 137 Å². The largest absolute Gasteiger partial charge is 0.394 e. The van der Waals surface area contributed by atoms with E-state index in [1.54, 1.807) is 43.3 Å². The van der Waals surface area contributed by atoms with Gasteiger partial charge in [-0.2, -0.15) is 0 Å². The molecule has 0 fully saturated rings. The van der Waals surface area contributed by atoms with Crippen LogP contribution in [-0.4, -0.2) is 99.9 Å². The SMILES string of the molecule is COCN(c1ccc(F)cc1)C(CCCC(O)c1ccc(F)cc1)c1ccc(CNC(=O)Cc2ccc(CN(C)CC(O)C(O)C(O)C(O)CO)cc2)cc1. The van der Waals surface area contributed by atoms with Gasteiger partial charge in [-0.25, -0.2) is 8.78 Å². The molecule has 0 aromatic heterocycles. The van der Waals surface area contributed by atoms with E-state index in [9.17, 15) is 39.1 Å². The van der Waals surface area contributed by atoms with Gasteiger partial charge in [0, 0.05) is 32.4 Å². The van der Waals surface area contributed by atoms with Gasteiger partial charge in [0.25, 0.3) is 0 Å². The van der Waals surface area contributed by atoms with Crippen molar-refractivity contribution in [2.45, 2.75) is 75.3 Å². The molecule has 11 nitrogen and oxygen atoms in total. The van der Waals surface area contributed by atoms with Crippen LogP contribution < -0.4 is 10.2 Å². The van der Waals surface area contributed by atoms with Gasteiger partial charge in [-0.3, -0.25) is 9.69 Å². The van der Waals surface area contributed by atoms with Crippen molar-refractivity contribution in [1.82, 2.24) is 10.2 Å². The molecule has 13 heteroatoms. The first-order valence-electron chi connectivity index (χ1n) is 18.3. The summed E-state index contributed by atoms with van der Waals surface area (Å²) in [6.07, 6.45) is -5.10. The maximum atomic E-state index is 13.8. The molecule has 4 rings (SSSR count). The second kappa shape index (κ2) is 21.7. The summed E-state index contributed by atoms with van der Waals surface area (Å²) < 4.78 is 32.8. The predicted octanol–water partition coefficient (Wildman–Crippen LogP) is 3.75. The van der Waals surface area contributed by atoms with E-state index < -0.39 is 37.1 Å². The summed E-state index contributed by atoms with van der Waals surface area (Å²) in [7, 11) is 3.32.